The zero-order chi connectivity index (χ0) is 21.0. The van der Waals surface area contributed by atoms with Crippen LogP contribution in [0.25, 0.3) is 11.3 Å². The molecule has 6 nitrogen and oxygen atoms in total. The highest BCUT2D eigenvalue weighted by molar-refractivity contribution is 5.77. The Labute approximate surface area is 176 Å². The zero-order valence-corrected chi connectivity index (χ0v) is 17.4. The molecule has 1 aromatic carbocycles. The smallest absolute Gasteiger partial charge is 0.313 e. The molecule has 0 unspecified atom stereocenters. The van der Waals surface area contributed by atoms with Crippen LogP contribution in [0.4, 0.5) is 4.39 Å². The van der Waals surface area contributed by atoms with Crippen LogP contribution >= 0.6 is 0 Å². The lowest BCUT2D eigenvalue weighted by Crippen LogP contribution is -2.50. The standard InChI is InChI=1S/C23H29FN2O4/c1-2-29-22(27)23(8-4-9-26(16-23)14-17-7-10-28-15-17)13-20-12-21(25-30-20)18-5-3-6-19(24)11-18/h3,5-6,11-12,17H,2,4,7-10,13-16H2,1H3/t17-,23-/m0/s1. The van der Waals surface area contributed by atoms with Crippen molar-refractivity contribution in [2.24, 2.45) is 11.3 Å². The van der Waals surface area contributed by atoms with Gasteiger partial charge in [0.05, 0.1) is 18.6 Å². The SMILES string of the molecule is CCOC(=O)[C@]1(Cc2cc(-c3cccc(F)c3)no2)CCCN(C[C@@H]2CCOC2)C1. The Balaban J connectivity index is 1.53. The van der Waals surface area contributed by atoms with E-state index in [1.807, 2.05) is 6.92 Å². The van der Waals surface area contributed by atoms with Gasteiger partial charge in [0.1, 0.15) is 17.3 Å². The summed E-state index contributed by atoms with van der Waals surface area (Å²) in [7, 11) is 0. The third-order valence-corrected chi connectivity index (χ3v) is 6.10. The summed E-state index contributed by atoms with van der Waals surface area (Å²) < 4.78 is 30.1. The normalized spacial score (nSPS) is 24.8. The minimum absolute atomic E-state index is 0.180. The van der Waals surface area contributed by atoms with Crippen molar-refractivity contribution in [1.29, 1.82) is 0 Å². The first-order valence-corrected chi connectivity index (χ1v) is 10.8. The second kappa shape index (κ2) is 9.27. The molecule has 0 saturated carbocycles. The van der Waals surface area contributed by atoms with Crippen molar-refractivity contribution in [3.05, 3.63) is 41.9 Å². The average Bonchev–Trinajstić information content (AvgIpc) is 3.41. The second-order valence-electron chi connectivity index (χ2n) is 8.43. The number of rotatable bonds is 7. The number of nitrogens with zero attached hydrogens (tertiary/aromatic N) is 2. The van der Waals surface area contributed by atoms with Crippen molar-refractivity contribution in [3.8, 4) is 11.3 Å². The minimum atomic E-state index is -0.660. The number of hydrogen-bond donors (Lipinski definition) is 0. The van der Waals surface area contributed by atoms with Crippen LogP contribution in [-0.4, -0.2) is 55.5 Å². The number of ether oxygens (including phenoxy) is 2. The van der Waals surface area contributed by atoms with Crippen LogP contribution in [0.2, 0.25) is 0 Å². The maximum absolute atomic E-state index is 13.6. The summed E-state index contributed by atoms with van der Waals surface area (Å²) in [6.45, 7) is 6.35. The Morgan fingerprint density at radius 2 is 2.30 bits per heavy atom. The fourth-order valence-electron chi connectivity index (χ4n) is 4.66. The fourth-order valence-corrected chi connectivity index (χ4v) is 4.66. The molecule has 2 saturated heterocycles. The van der Waals surface area contributed by atoms with Crippen molar-refractivity contribution in [2.45, 2.75) is 32.6 Å². The third kappa shape index (κ3) is 4.73. The number of aromatic nitrogens is 1. The summed E-state index contributed by atoms with van der Waals surface area (Å²) in [5.41, 5.74) is 0.563. The van der Waals surface area contributed by atoms with Gasteiger partial charge in [-0.25, -0.2) is 4.39 Å². The summed E-state index contributed by atoms with van der Waals surface area (Å²) in [4.78, 5) is 15.4. The predicted molar refractivity (Wildman–Crippen MR) is 109 cm³/mol. The molecule has 2 fully saturated rings. The van der Waals surface area contributed by atoms with E-state index in [2.05, 4.69) is 10.1 Å². The molecule has 2 aliphatic rings. The van der Waals surface area contributed by atoms with E-state index in [9.17, 15) is 9.18 Å². The van der Waals surface area contributed by atoms with Crippen LogP contribution < -0.4 is 0 Å². The molecule has 30 heavy (non-hydrogen) atoms. The molecule has 2 aliphatic heterocycles. The Morgan fingerprint density at radius 1 is 1.40 bits per heavy atom. The molecule has 3 heterocycles. The number of carbonyl (C=O) groups excluding carboxylic acids is 1. The van der Waals surface area contributed by atoms with E-state index < -0.39 is 5.41 Å². The highest BCUT2D eigenvalue weighted by atomic mass is 19.1. The minimum Gasteiger partial charge on any atom is -0.466 e. The number of hydrogen-bond acceptors (Lipinski definition) is 6. The molecule has 2 atom stereocenters. The van der Waals surface area contributed by atoms with Gasteiger partial charge >= 0.3 is 5.97 Å². The van der Waals surface area contributed by atoms with Crippen LogP contribution in [0.3, 0.4) is 0 Å². The monoisotopic (exact) mass is 416 g/mol. The van der Waals surface area contributed by atoms with E-state index in [4.69, 9.17) is 14.0 Å². The van der Waals surface area contributed by atoms with Gasteiger partial charge < -0.3 is 18.9 Å². The Morgan fingerprint density at radius 3 is 3.07 bits per heavy atom. The highest BCUT2D eigenvalue weighted by Crippen LogP contribution is 2.37. The molecule has 7 heteroatoms. The van der Waals surface area contributed by atoms with Gasteiger partial charge in [0, 0.05) is 37.7 Å². The lowest BCUT2D eigenvalue weighted by Gasteiger charge is -2.41. The summed E-state index contributed by atoms with van der Waals surface area (Å²) in [5.74, 6) is 0.640. The summed E-state index contributed by atoms with van der Waals surface area (Å²) in [6.07, 6.45) is 3.17. The first-order valence-electron chi connectivity index (χ1n) is 10.8. The van der Waals surface area contributed by atoms with E-state index in [0.29, 0.717) is 42.5 Å². The molecule has 0 aliphatic carbocycles. The van der Waals surface area contributed by atoms with Crippen molar-refractivity contribution in [1.82, 2.24) is 10.1 Å². The van der Waals surface area contributed by atoms with E-state index in [1.165, 1.54) is 12.1 Å². The Kier molecular flexibility index (Phi) is 6.49. The molecule has 162 valence electrons. The molecule has 4 rings (SSSR count). The zero-order valence-electron chi connectivity index (χ0n) is 17.4. The van der Waals surface area contributed by atoms with Crippen LogP contribution in [0.5, 0.6) is 0 Å². The first kappa shape index (κ1) is 21.0. The maximum atomic E-state index is 13.6. The molecule has 0 N–H and O–H groups in total. The van der Waals surface area contributed by atoms with Crippen molar-refractivity contribution in [3.63, 3.8) is 0 Å². The fraction of sp³-hybridized carbons (Fsp3) is 0.565. The van der Waals surface area contributed by atoms with Gasteiger partial charge in [0.15, 0.2) is 0 Å². The van der Waals surface area contributed by atoms with Gasteiger partial charge in [-0.05, 0) is 50.8 Å². The number of piperidine rings is 1. The second-order valence-corrected chi connectivity index (χ2v) is 8.43. The molecule has 2 aromatic rings. The third-order valence-electron chi connectivity index (χ3n) is 6.10. The Bertz CT molecular complexity index is 864. The van der Waals surface area contributed by atoms with Crippen LogP contribution in [-0.2, 0) is 20.7 Å². The van der Waals surface area contributed by atoms with E-state index in [1.54, 1.807) is 18.2 Å². The van der Waals surface area contributed by atoms with E-state index in [-0.39, 0.29) is 11.8 Å². The lowest BCUT2D eigenvalue weighted by molar-refractivity contribution is -0.159. The largest absolute Gasteiger partial charge is 0.466 e. The van der Waals surface area contributed by atoms with E-state index in [0.717, 1.165) is 45.6 Å². The lowest BCUT2D eigenvalue weighted by atomic mass is 9.76. The number of likely N-dealkylation sites (tertiary alicyclic amines) is 1. The highest BCUT2D eigenvalue weighted by Gasteiger charge is 2.45. The molecular weight excluding hydrogens is 387 g/mol. The van der Waals surface area contributed by atoms with Gasteiger partial charge in [0.2, 0.25) is 0 Å². The van der Waals surface area contributed by atoms with Gasteiger partial charge in [-0.1, -0.05) is 17.3 Å². The van der Waals surface area contributed by atoms with Gasteiger partial charge in [0.25, 0.3) is 0 Å². The predicted octanol–water partition coefficient (Wildman–Crippen LogP) is 3.71. The van der Waals surface area contributed by atoms with Gasteiger partial charge in [-0.3, -0.25) is 4.79 Å². The average molecular weight is 416 g/mol. The molecule has 0 bridgehead atoms. The summed E-state index contributed by atoms with van der Waals surface area (Å²) >= 11 is 0. The van der Waals surface area contributed by atoms with Crippen molar-refractivity contribution < 1.29 is 23.2 Å². The van der Waals surface area contributed by atoms with Crippen molar-refractivity contribution >= 4 is 5.97 Å². The maximum Gasteiger partial charge on any atom is 0.313 e. The molecule has 0 amide bonds. The molecular formula is C23H29FN2O4. The topological polar surface area (TPSA) is 64.8 Å². The number of carbonyl (C=O) groups is 1. The quantitative estimate of drug-likeness (QED) is 0.641. The van der Waals surface area contributed by atoms with E-state index >= 15 is 0 Å². The number of benzene rings is 1. The van der Waals surface area contributed by atoms with Gasteiger partial charge in [-0.2, -0.15) is 0 Å². The van der Waals surface area contributed by atoms with Crippen LogP contribution in [0, 0.1) is 17.2 Å². The summed E-state index contributed by atoms with van der Waals surface area (Å²) in [6, 6.07) is 8.06. The molecule has 1 aromatic heterocycles. The van der Waals surface area contributed by atoms with Gasteiger partial charge in [-0.15, -0.1) is 0 Å². The molecule has 0 radical (unpaired) electrons. The number of esters is 1. The van der Waals surface area contributed by atoms with Crippen molar-refractivity contribution in [2.75, 3.05) is 39.5 Å². The Hall–Kier alpha value is -2.25. The summed E-state index contributed by atoms with van der Waals surface area (Å²) in [5, 5.41) is 4.11. The first-order chi connectivity index (χ1) is 14.6. The van der Waals surface area contributed by atoms with Crippen LogP contribution in [0.1, 0.15) is 31.9 Å². The molecule has 0 spiro atoms. The number of halogens is 1. The van der Waals surface area contributed by atoms with Crippen LogP contribution in [0.15, 0.2) is 34.9 Å².